The fraction of sp³-hybridized carbons (Fsp3) is 0.611. The molecule has 0 fully saturated rings. The fourth-order valence-electron chi connectivity index (χ4n) is 1.90. The Morgan fingerprint density at radius 1 is 1.21 bits per heavy atom. The predicted octanol–water partition coefficient (Wildman–Crippen LogP) is 1.72. The number of hydrogen-bond acceptors (Lipinski definition) is 4. The minimum atomic E-state index is -0.245. The van der Waals surface area contributed by atoms with Crippen LogP contribution in [0.2, 0.25) is 0 Å². The van der Waals surface area contributed by atoms with E-state index < -0.39 is 0 Å². The Bertz CT molecular complexity index is 515. The zero-order chi connectivity index (χ0) is 18.0. The molecule has 136 valence electrons. The number of nitrogens with one attached hydrogen (secondary N) is 2. The number of benzene rings is 1. The lowest BCUT2D eigenvalue weighted by Crippen LogP contribution is -2.45. The van der Waals surface area contributed by atoms with Gasteiger partial charge in [0.1, 0.15) is 12.4 Å². The minimum absolute atomic E-state index is 0.245. The summed E-state index contributed by atoms with van der Waals surface area (Å²) in [5.41, 5.74) is 0.857. The van der Waals surface area contributed by atoms with E-state index in [1.54, 1.807) is 14.2 Å². The molecule has 0 aliphatic carbocycles. The van der Waals surface area contributed by atoms with Gasteiger partial charge in [-0.05, 0) is 34.0 Å². The van der Waals surface area contributed by atoms with Crippen LogP contribution in [0.5, 0.6) is 5.75 Å². The van der Waals surface area contributed by atoms with Gasteiger partial charge in [0.25, 0.3) is 0 Å². The lowest BCUT2D eigenvalue weighted by Gasteiger charge is -2.24. The van der Waals surface area contributed by atoms with Crippen molar-refractivity contribution in [2.24, 2.45) is 4.99 Å². The van der Waals surface area contributed by atoms with Gasteiger partial charge in [-0.25, -0.2) is 0 Å². The van der Waals surface area contributed by atoms with Crippen LogP contribution in [0.3, 0.4) is 0 Å². The van der Waals surface area contributed by atoms with Crippen LogP contribution in [0.1, 0.15) is 19.4 Å². The molecule has 0 aliphatic rings. The van der Waals surface area contributed by atoms with Crippen molar-refractivity contribution in [1.29, 1.82) is 0 Å². The Morgan fingerprint density at radius 2 is 1.92 bits per heavy atom. The number of rotatable bonds is 9. The van der Waals surface area contributed by atoms with Gasteiger partial charge in [-0.1, -0.05) is 18.2 Å². The van der Waals surface area contributed by atoms with Gasteiger partial charge in [0, 0.05) is 39.4 Å². The molecule has 0 spiro atoms. The molecule has 24 heavy (non-hydrogen) atoms. The van der Waals surface area contributed by atoms with E-state index in [4.69, 9.17) is 9.47 Å². The Kier molecular flexibility index (Phi) is 8.57. The lowest BCUT2D eigenvalue weighted by atomic mass is 10.1. The van der Waals surface area contributed by atoms with Crippen molar-refractivity contribution in [2.45, 2.75) is 26.0 Å². The number of aliphatic imine (C=N–C) groups is 1. The molecular weight excluding hydrogens is 304 g/mol. The second-order valence-corrected chi connectivity index (χ2v) is 6.50. The maximum absolute atomic E-state index is 5.88. The first-order valence-electron chi connectivity index (χ1n) is 8.23. The first kappa shape index (κ1) is 20.3. The summed E-state index contributed by atoms with van der Waals surface area (Å²) in [4.78, 5) is 6.35. The van der Waals surface area contributed by atoms with Crippen molar-refractivity contribution in [3.05, 3.63) is 29.8 Å². The number of para-hydroxylation sites is 1. The number of nitrogens with zero attached hydrogens (tertiary/aromatic N) is 2. The summed E-state index contributed by atoms with van der Waals surface area (Å²) in [5.74, 6) is 1.64. The Hall–Kier alpha value is -1.79. The summed E-state index contributed by atoms with van der Waals surface area (Å²) >= 11 is 0. The van der Waals surface area contributed by atoms with Gasteiger partial charge in [0.15, 0.2) is 5.96 Å². The topological polar surface area (TPSA) is 58.1 Å². The summed E-state index contributed by atoms with van der Waals surface area (Å²) in [6.07, 6.45) is 0. The van der Waals surface area contributed by atoms with Crippen molar-refractivity contribution in [2.75, 3.05) is 47.9 Å². The minimum Gasteiger partial charge on any atom is -0.492 e. The molecule has 0 saturated heterocycles. The number of ether oxygens (including phenoxy) is 2. The second-order valence-electron chi connectivity index (χ2n) is 6.50. The number of methoxy groups -OCH3 is 1. The molecule has 0 radical (unpaired) electrons. The monoisotopic (exact) mass is 336 g/mol. The zero-order valence-corrected chi connectivity index (χ0v) is 15.8. The first-order valence-corrected chi connectivity index (χ1v) is 8.23. The Morgan fingerprint density at radius 3 is 2.54 bits per heavy atom. The molecule has 1 rings (SSSR count). The quantitative estimate of drug-likeness (QED) is 0.531. The third kappa shape index (κ3) is 7.66. The third-order valence-corrected chi connectivity index (χ3v) is 3.67. The zero-order valence-electron chi connectivity index (χ0n) is 15.8. The van der Waals surface area contributed by atoms with Gasteiger partial charge < -0.3 is 25.0 Å². The molecule has 0 atom stereocenters. The van der Waals surface area contributed by atoms with E-state index in [2.05, 4.69) is 26.6 Å². The number of hydrogen-bond donors (Lipinski definition) is 2. The predicted molar refractivity (Wildman–Crippen MR) is 99.8 cm³/mol. The largest absolute Gasteiger partial charge is 0.492 e. The van der Waals surface area contributed by atoms with E-state index in [1.165, 1.54) is 0 Å². The molecule has 0 aromatic heterocycles. The summed E-state index contributed by atoms with van der Waals surface area (Å²) < 4.78 is 11.3. The van der Waals surface area contributed by atoms with Gasteiger partial charge >= 0.3 is 0 Å². The van der Waals surface area contributed by atoms with Crippen molar-refractivity contribution >= 4 is 5.96 Å². The van der Waals surface area contributed by atoms with Crippen LogP contribution in [0, 0.1) is 0 Å². The van der Waals surface area contributed by atoms with Crippen LogP contribution < -0.4 is 15.4 Å². The third-order valence-electron chi connectivity index (χ3n) is 3.67. The van der Waals surface area contributed by atoms with E-state index in [0.717, 1.165) is 23.8 Å². The average Bonchev–Trinajstić information content (AvgIpc) is 2.56. The number of likely N-dealkylation sites (N-methyl/N-ethyl adjacent to an activating group) is 1. The van der Waals surface area contributed by atoms with Crippen molar-refractivity contribution in [1.82, 2.24) is 15.5 Å². The van der Waals surface area contributed by atoms with Crippen LogP contribution >= 0.6 is 0 Å². The number of guanidine groups is 1. The standard InChI is InChI=1S/C18H32N4O2/c1-18(2,23-6)14-21-17(19-3)20-13-15-9-7-8-10-16(15)24-12-11-22(4)5/h7-10H,11-14H2,1-6H3,(H2,19,20,21). The smallest absolute Gasteiger partial charge is 0.191 e. The molecule has 2 N–H and O–H groups in total. The highest BCUT2D eigenvalue weighted by molar-refractivity contribution is 5.79. The Balaban J connectivity index is 2.56. The molecule has 6 heteroatoms. The normalized spacial score (nSPS) is 12.4. The van der Waals surface area contributed by atoms with Crippen LogP contribution in [-0.2, 0) is 11.3 Å². The van der Waals surface area contributed by atoms with Gasteiger partial charge in [0.2, 0.25) is 0 Å². The molecule has 6 nitrogen and oxygen atoms in total. The maximum atomic E-state index is 5.88. The molecule has 0 aliphatic heterocycles. The van der Waals surface area contributed by atoms with E-state index in [0.29, 0.717) is 19.7 Å². The first-order chi connectivity index (χ1) is 11.4. The van der Waals surface area contributed by atoms with E-state index in [-0.39, 0.29) is 5.60 Å². The van der Waals surface area contributed by atoms with Crippen LogP contribution in [0.15, 0.2) is 29.3 Å². The second kappa shape index (κ2) is 10.2. The fourth-order valence-corrected chi connectivity index (χ4v) is 1.90. The molecular formula is C18H32N4O2. The van der Waals surface area contributed by atoms with Crippen LogP contribution in [0.25, 0.3) is 0 Å². The average molecular weight is 336 g/mol. The maximum Gasteiger partial charge on any atom is 0.191 e. The SMILES string of the molecule is CN=C(NCc1ccccc1OCCN(C)C)NCC(C)(C)OC. The molecule has 0 bridgehead atoms. The molecule has 0 heterocycles. The highest BCUT2D eigenvalue weighted by Gasteiger charge is 2.16. The van der Waals surface area contributed by atoms with Crippen molar-refractivity contribution < 1.29 is 9.47 Å². The highest BCUT2D eigenvalue weighted by atomic mass is 16.5. The highest BCUT2D eigenvalue weighted by Crippen LogP contribution is 2.17. The molecule has 0 unspecified atom stereocenters. The molecule has 1 aromatic carbocycles. The van der Waals surface area contributed by atoms with Crippen molar-refractivity contribution in [3.8, 4) is 5.75 Å². The summed E-state index contributed by atoms with van der Waals surface area (Å²) in [5, 5.41) is 6.59. The van der Waals surface area contributed by atoms with Crippen LogP contribution in [-0.4, -0.2) is 64.4 Å². The van der Waals surface area contributed by atoms with Gasteiger partial charge in [0.05, 0.1) is 5.60 Å². The van der Waals surface area contributed by atoms with Gasteiger partial charge in [-0.15, -0.1) is 0 Å². The van der Waals surface area contributed by atoms with E-state index >= 15 is 0 Å². The van der Waals surface area contributed by atoms with E-state index in [9.17, 15) is 0 Å². The van der Waals surface area contributed by atoms with Gasteiger partial charge in [-0.2, -0.15) is 0 Å². The van der Waals surface area contributed by atoms with Crippen LogP contribution in [0.4, 0.5) is 0 Å². The van der Waals surface area contributed by atoms with E-state index in [1.807, 2.05) is 46.1 Å². The van der Waals surface area contributed by atoms with Gasteiger partial charge in [-0.3, -0.25) is 4.99 Å². The summed E-state index contributed by atoms with van der Waals surface area (Å²) in [6.45, 7) is 6.92. The molecule has 1 aromatic rings. The Labute approximate surface area is 146 Å². The molecule has 0 saturated carbocycles. The summed E-state index contributed by atoms with van der Waals surface area (Å²) in [6, 6.07) is 8.06. The van der Waals surface area contributed by atoms with Crippen molar-refractivity contribution in [3.63, 3.8) is 0 Å². The molecule has 0 amide bonds. The lowest BCUT2D eigenvalue weighted by molar-refractivity contribution is 0.0268. The summed E-state index contributed by atoms with van der Waals surface area (Å²) in [7, 11) is 7.54.